The van der Waals surface area contributed by atoms with Crippen LogP contribution in [-0.4, -0.2) is 53.4 Å². The van der Waals surface area contributed by atoms with Crippen molar-refractivity contribution < 1.29 is 23.9 Å². The van der Waals surface area contributed by atoms with E-state index in [2.05, 4.69) is 16.1 Å². The van der Waals surface area contributed by atoms with Crippen molar-refractivity contribution in [1.29, 1.82) is 0 Å². The zero-order chi connectivity index (χ0) is 23.6. The molecule has 3 amide bonds. The minimum atomic E-state index is -0.934. The molecule has 0 radical (unpaired) electrons. The number of thioether (sulfide) groups is 1. The van der Waals surface area contributed by atoms with E-state index in [9.17, 15) is 14.4 Å². The van der Waals surface area contributed by atoms with Gasteiger partial charge in [0.25, 0.3) is 5.91 Å². The molecule has 0 spiro atoms. The molecule has 2 rings (SSSR count). The lowest BCUT2D eigenvalue weighted by Crippen LogP contribution is -2.56. The average Bonchev–Trinajstić information content (AvgIpc) is 2.75. The van der Waals surface area contributed by atoms with Crippen LogP contribution in [0.4, 0.5) is 4.79 Å². The molecule has 0 aromatic heterocycles. The zero-order valence-corrected chi connectivity index (χ0v) is 19.7. The van der Waals surface area contributed by atoms with Crippen LogP contribution in [0.3, 0.4) is 0 Å². The van der Waals surface area contributed by atoms with E-state index in [0.29, 0.717) is 12.4 Å². The lowest BCUT2D eigenvalue weighted by molar-refractivity contribution is -0.129. The highest BCUT2D eigenvalue weighted by atomic mass is 32.2. The average molecular weight is 467 g/mol. The van der Waals surface area contributed by atoms with Gasteiger partial charge in [-0.25, -0.2) is 10.6 Å². The number of carbonyl (C=O) groups excluding carboxylic acids is 3. The predicted octanol–water partition coefficient (Wildman–Crippen LogP) is 1.86. The summed E-state index contributed by atoms with van der Waals surface area (Å²) in [5, 5.41) is 5.34. The number of amides is 3. The van der Waals surface area contributed by atoms with Gasteiger partial charge in [-0.2, -0.15) is 0 Å². The minimum absolute atomic E-state index is 0.0197. The van der Waals surface area contributed by atoms with Gasteiger partial charge in [-0.05, 0) is 45.6 Å². The number of rotatable bonds is 9. The van der Waals surface area contributed by atoms with Gasteiger partial charge in [-0.15, -0.1) is 11.8 Å². The van der Waals surface area contributed by atoms with Crippen LogP contribution >= 0.6 is 11.8 Å². The topological polar surface area (TPSA) is 132 Å². The summed E-state index contributed by atoms with van der Waals surface area (Å²) in [7, 11) is 0. The lowest BCUT2D eigenvalue weighted by atomic mass is 10.0. The summed E-state index contributed by atoms with van der Waals surface area (Å²) in [6.45, 7) is 5.91. The second kappa shape index (κ2) is 12.7. The smallest absolute Gasteiger partial charge is 0.408 e. The van der Waals surface area contributed by atoms with Crippen LogP contribution in [0.1, 0.15) is 45.6 Å². The van der Waals surface area contributed by atoms with Gasteiger partial charge in [0.2, 0.25) is 5.91 Å². The van der Waals surface area contributed by atoms with Crippen molar-refractivity contribution in [2.24, 2.45) is 5.84 Å². The third kappa shape index (κ3) is 9.46. The fourth-order valence-corrected chi connectivity index (χ4v) is 4.28. The Balaban J connectivity index is 2.07. The van der Waals surface area contributed by atoms with Crippen molar-refractivity contribution in [1.82, 2.24) is 16.1 Å². The maximum atomic E-state index is 13.1. The summed E-state index contributed by atoms with van der Waals surface area (Å²) >= 11 is 1.46. The minimum Gasteiger partial charge on any atom is -0.444 e. The van der Waals surface area contributed by atoms with E-state index in [1.807, 2.05) is 30.3 Å². The Morgan fingerprint density at radius 3 is 2.44 bits per heavy atom. The Morgan fingerprint density at radius 2 is 1.84 bits per heavy atom. The summed E-state index contributed by atoms with van der Waals surface area (Å²) in [6.07, 6.45) is 2.52. The van der Waals surface area contributed by atoms with Crippen molar-refractivity contribution in [3.05, 3.63) is 35.9 Å². The van der Waals surface area contributed by atoms with Gasteiger partial charge in [0.1, 0.15) is 23.1 Å². The van der Waals surface area contributed by atoms with E-state index in [4.69, 9.17) is 15.3 Å². The standard InChI is InChI=1S/C22H34N4O5S/c1-22(2,3)31-21(29)25-16(13-15-9-5-4-6-10-15)19(27)24-17(20(28)26-23)14-32-18-11-7-8-12-30-18/h4-6,9-10,16-18H,7-8,11-14,23H2,1-3H3,(H,24,27)(H,25,29)(H,26,28)/t16-,17+,18+/m0/s1. The second-order valence-electron chi connectivity index (χ2n) is 8.59. The number of hydrogen-bond acceptors (Lipinski definition) is 7. The number of nitrogens with two attached hydrogens (primary N) is 1. The number of alkyl carbamates (subject to hydrolysis) is 1. The summed E-state index contributed by atoms with van der Waals surface area (Å²) in [6, 6.07) is 7.48. The normalized spacial score (nSPS) is 18.2. The molecule has 0 aliphatic carbocycles. The first-order valence-corrected chi connectivity index (χ1v) is 11.8. The highest BCUT2D eigenvalue weighted by Gasteiger charge is 2.29. The van der Waals surface area contributed by atoms with E-state index in [1.54, 1.807) is 20.8 Å². The van der Waals surface area contributed by atoms with Gasteiger partial charge >= 0.3 is 6.09 Å². The van der Waals surface area contributed by atoms with Crippen molar-refractivity contribution in [2.75, 3.05) is 12.4 Å². The largest absolute Gasteiger partial charge is 0.444 e. The lowest BCUT2D eigenvalue weighted by Gasteiger charge is -2.26. The van der Waals surface area contributed by atoms with Crippen molar-refractivity contribution in [2.45, 2.75) is 69.6 Å². The number of ether oxygens (including phenoxy) is 2. The second-order valence-corrected chi connectivity index (χ2v) is 9.78. The van der Waals surface area contributed by atoms with Crippen LogP contribution < -0.4 is 21.9 Å². The quantitative estimate of drug-likeness (QED) is 0.248. The van der Waals surface area contributed by atoms with Crippen LogP contribution in [-0.2, 0) is 25.5 Å². The highest BCUT2D eigenvalue weighted by Crippen LogP contribution is 2.24. The van der Waals surface area contributed by atoms with E-state index < -0.39 is 35.6 Å². The molecule has 178 valence electrons. The van der Waals surface area contributed by atoms with Crippen molar-refractivity contribution in [3.8, 4) is 0 Å². The molecule has 1 aromatic carbocycles. The monoisotopic (exact) mass is 466 g/mol. The number of hydrazine groups is 1. The molecule has 1 fully saturated rings. The third-order valence-electron chi connectivity index (χ3n) is 4.65. The molecule has 0 bridgehead atoms. The maximum Gasteiger partial charge on any atom is 0.408 e. The molecule has 32 heavy (non-hydrogen) atoms. The summed E-state index contributed by atoms with van der Waals surface area (Å²) in [4.78, 5) is 37.7. The summed E-state index contributed by atoms with van der Waals surface area (Å²) < 4.78 is 11.0. The number of hydrogen-bond donors (Lipinski definition) is 4. The number of nitrogens with one attached hydrogen (secondary N) is 3. The molecule has 5 N–H and O–H groups in total. The SMILES string of the molecule is CC(C)(C)OC(=O)N[C@@H](Cc1ccccc1)C(=O)N[C@H](CS[C@@H]1CCCCO1)C(=O)NN. The molecule has 1 aliphatic rings. The number of carbonyl (C=O) groups is 3. The van der Waals surface area contributed by atoms with Gasteiger partial charge in [0.05, 0.1) is 0 Å². The van der Waals surface area contributed by atoms with Crippen LogP contribution in [0.15, 0.2) is 30.3 Å². The van der Waals surface area contributed by atoms with E-state index in [0.717, 1.165) is 24.8 Å². The first-order valence-electron chi connectivity index (χ1n) is 10.8. The molecule has 1 heterocycles. The van der Waals surface area contributed by atoms with Crippen LogP contribution in [0, 0.1) is 0 Å². The molecule has 1 saturated heterocycles. The van der Waals surface area contributed by atoms with Gasteiger partial charge in [0, 0.05) is 18.8 Å². The molecule has 1 aliphatic heterocycles. The van der Waals surface area contributed by atoms with Gasteiger partial charge in [0.15, 0.2) is 0 Å². The Hall–Kier alpha value is -2.30. The molecule has 0 saturated carbocycles. The first kappa shape index (κ1) is 26.0. The molecule has 1 aromatic rings. The Morgan fingerprint density at radius 1 is 1.12 bits per heavy atom. The third-order valence-corrected chi connectivity index (χ3v) is 5.92. The fourth-order valence-electron chi connectivity index (χ4n) is 3.11. The molecule has 3 atom stereocenters. The first-order chi connectivity index (χ1) is 15.2. The van der Waals surface area contributed by atoms with Gasteiger partial charge in [-0.3, -0.25) is 15.0 Å². The fraction of sp³-hybridized carbons (Fsp3) is 0.591. The van der Waals surface area contributed by atoms with Crippen LogP contribution in [0.25, 0.3) is 0 Å². The van der Waals surface area contributed by atoms with E-state index in [1.165, 1.54) is 11.8 Å². The van der Waals surface area contributed by atoms with Gasteiger partial charge in [-0.1, -0.05) is 30.3 Å². The predicted molar refractivity (Wildman–Crippen MR) is 124 cm³/mol. The molecule has 9 nitrogen and oxygen atoms in total. The van der Waals surface area contributed by atoms with E-state index >= 15 is 0 Å². The van der Waals surface area contributed by atoms with E-state index in [-0.39, 0.29) is 11.9 Å². The summed E-state index contributed by atoms with van der Waals surface area (Å²) in [5.41, 5.74) is 2.22. The highest BCUT2D eigenvalue weighted by molar-refractivity contribution is 7.99. The van der Waals surface area contributed by atoms with Crippen molar-refractivity contribution in [3.63, 3.8) is 0 Å². The molecular weight excluding hydrogens is 432 g/mol. The summed E-state index contributed by atoms with van der Waals surface area (Å²) in [5.74, 6) is 4.60. The zero-order valence-electron chi connectivity index (χ0n) is 18.9. The molecule has 10 heteroatoms. The van der Waals surface area contributed by atoms with Crippen LogP contribution in [0.5, 0.6) is 0 Å². The molecule has 0 unspecified atom stereocenters. The Kier molecular flexibility index (Phi) is 10.3. The Labute approximate surface area is 193 Å². The van der Waals surface area contributed by atoms with Crippen molar-refractivity contribution >= 4 is 29.7 Å². The number of benzene rings is 1. The van der Waals surface area contributed by atoms with Crippen LogP contribution in [0.2, 0.25) is 0 Å². The molecular formula is C22H34N4O5S. The van der Waals surface area contributed by atoms with Gasteiger partial charge < -0.3 is 20.1 Å². The Bertz CT molecular complexity index is 750. The maximum absolute atomic E-state index is 13.1.